The lowest BCUT2D eigenvalue weighted by Crippen LogP contribution is -1.81. The van der Waals surface area contributed by atoms with Crippen LogP contribution < -0.4 is 0 Å². The standard InChI is InChI=1S/C18H14S/c1-11-7-9-15-17(12(11)2)18-14-6-4-3-5-13(14)8-10-16(18)19-15/h3-10H,1-2H3. The third kappa shape index (κ3) is 1.45. The minimum absolute atomic E-state index is 1.33. The number of fused-ring (bicyclic) bond motifs is 5. The number of thiophene rings is 1. The summed E-state index contributed by atoms with van der Waals surface area (Å²) in [5.41, 5.74) is 2.79. The molecule has 0 aliphatic carbocycles. The second-order valence-corrected chi connectivity index (χ2v) is 6.23. The van der Waals surface area contributed by atoms with E-state index in [2.05, 4.69) is 62.4 Å². The van der Waals surface area contributed by atoms with E-state index in [0.29, 0.717) is 0 Å². The average molecular weight is 262 g/mol. The molecule has 0 aliphatic heterocycles. The maximum Gasteiger partial charge on any atom is 0.0361 e. The summed E-state index contributed by atoms with van der Waals surface area (Å²) in [7, 11) is 0. The van der Waals surface area contributed by atoms with E-state index in [9.17, 15) is 0 Å². The van der Waals surface area contributed by atoms with Crippen molar-refractivity contribution in [2.45, 2.75) is 13.8 Å². The maximum atomic E-state index is 2.26. The van der Waals surface area contributed by atoms with Gasteiger partial charge < -0.3 is 0 Å². The Morgan fingerprint density at radius 2 is 1.47 bits per heavy atom. The number of rotatable bonds is 0. The first-order chi connectivity index (χ1) is 9.25. The first-order valence-electron chi connectivity index (χ1n) is 6.56. The van der Waals surface area contributed by atoms with E-state index in [-0.39, 0.29) is 0 Å². The number of hydrogen-bond acceptors (Lipinski definition) is 1. The lowest BCUT2D eigenvalue weighted by molar-refractivity contribution is 1.39. The van der Waals surface area contributed by atoms with E-state index >= 15 is 0 Å². The summed E-state index contributed by atoms with van der Waals surface area (Å²) >= 11 is 1.90. The van der Waals surface area contributed by atoms with Crippen LogP contribution in [-0.2, 0) is 0 Å². The van der Waals surface area contributed by atoms with Crippen molar-refractivity contribution in [2.24, 2.45) is 0 Å². The fourth-order valence-electron chi connectivity index (χ4n) is 2.90. The van der Waals surface area contributed by atoms with Crippen LogP contribution in [0.3, 0.4) is 0 Å². The van der Waals surface area contributed by atoms with Crippen LogP contribution in [0.1, 0.15) is 11.1 Å². The molecular formula is C18H14S. The highest BCUT2D eigenvalue weighted by atomic mass is 32.1. The Balaban J connectivity index is 2.38. The largest absolute Gasteiger partial charge is 0.135 e. The van der Waals surface area contributed by atoms with E-state index in [0.717, 1.165) is 0 Å². The van der Waals surface area contributed by atoms with Gasteiger partial charge in [0.05, 0.1) is 0 Å². The van der Waals surface area contributed by atoms with E-state index in [4.69, 9.17) is 0 Å². The fraction of sp³-hybridized carbons (Fsp3) is 0.111. The molecule has 1 heterocycles. The van der Waals surface area contributed by atoms with Gasteiger partial charge >= 0.3 is 0 Å². The molecule has 4 rings (SSSR count). The molecule has 0 unspecified atom stereocenters. The molecule has 0 amide bonds. The van der Waals surface area contributed by atoms with Crippen molar-refractivity contribution in [2.75, 3.05) is 0 Å². The van der Waals surface area contributed by atoms with Crippen molar-refractivity contribution in [3.63, 3.8) is 0 Å². The van der Waals surface area contributed by atoms with Gasteiger partial charge in [0.25, 0.3) is 0 Å². The molecule has 0 nitrogen and oxygen atoms in total. The van der Waals surface area contributed by atoms with Gasteiger partial charge in [-0.25, -0.2) is 0 Å². The van der Waals surface area contributed by atoms with Gasteiger partial charge in [0.1, 0.15) is 0 Å². The van der Waals surface area contributed by atoms with Crippen LogP contribution in [0.5, 0.6) is 0 Å². The van der Waals surface area contributed by atoms with Gasteiger partial charge in [0.15, 0.2) is 0 Å². The quantitative estimate of drug-likeness (QED) is 0.374. The van der Waals surface area contributed by atoms with Gasteiger partial charge in [-0.05, 0) is 47.9 Å². The lowest BCUT2D eigenvalue weighted by atomic mass is 9.99. The van der Waals surface area contributed by atoms with E-state index in [1.54, 1.807) is 0 Å². The zero-order valence-electron chi connectivity index (χ0n) is 11.0. The van der Waals surface area contributed by atoms with Crippen LogP contribution in [0.4, 0.5) is 0 Å². The molecule has 3 aromatic carbocycles. The fourth-order valence-corrected chi connectivity index (χ4v) is 4.08. The summed E-state index contributed by atoms with van der Waals surface area (Å²) in [6, 6.07) is 17.7. The average Bonchev–Trinajstić information content (AvgIpc) is 2.82. The van der Waals surface area contributed by atoms with E-state index in [1.807, 2.05) is 11.3 Å². The summed E-state index contributed by atoms with van der Waals surface area (Å²) in [6.07, 6.45) is 0. The molecule has 0 fully saturated rings. The molecule has 0 spiro atoms. The van der Waals surface area contributed by atoms with Crippen LogP contribution in [0.25, 0.3) is 30.9 Å². The molecule has 0 bridgehead atoms. The summed E-state index contributed by atoms with van der Waals surface area (Å²) < 4.78 is 2.79. The number of benzene rings is 3. The Kier molecular flexibility index (Phi) is 2.21. The Labute approximate surface area is 116 Å². The van der Waals surface area contributed by atoms with Crippen LogP contribution in [0.15, 0.2) is 48.5 Å². The number of aryl methyl sites for hydroxylation is 2. The molecule has 1 aromatic heterocycles. The molecule has 4 aromatic rings. The van der Waals surface area contributed by atoms with Crippen molar-refractivity contribution in [3.8, 4) is 0 Å². The summed E-state index contributed by atoms with van der Waals surface area (Å²) in [5, 5.41) is 5.58. The third-order valence-corrected chi connectivity index (χ3v) is 5.18. The SMILES string of the molecule is Cc1ccc2sc3ccc4ccccc4c3c2c1C. The van der Waals surface area contributed by atoms with Crippen LogP contribution in [0.2, 0.25) is 0 Å². The predicted molar refractivity (Wildman–Crippen MR) is 86.3 cm³/mol. The molecule has 92 valence electrons. The molecule has 0 atom stereocenters. The molecule has 0 saturated carbocycles. The highest BCUT2D eigenvalue weighted by molar-refractivity contribution is 7.26. The van der Waals surface area contributed by atoms with Crippen molar-refractivity contribution < 1.29 is 0 Å². The van der Waals surface area contributed by atoms with Crippen LogP contribution in [-0.4, -0.2) is 0 Å². The van der Waals surface area contributed by atoms with Gasteiger partial charge in [-0.3, -0.25) is 0 Å². The topological polar surface area (TPSA) is 0 Å². The Bertz CT molecular complexity index is 929. The molecule has 0 radical (unpaired) electrons. The molecule has 1 heteroatoms. The minimum atomic E-state index is 1.33. The maximum absolute atomic E-state index is 2.26. The Morgan fingerprint density at radius 1 is 0.737 bits per heavy atom. The Morgan fingerprint density at radius 3 is 2.37 bits per heavy atom. The number of hydrogen-bond donors (Lipinski definition) is 0. The zero-order valence-corrected chi connectivity index (χ0v) is 11.8. The summed E-state index contributed by atoms with van der Waals surface area (Å²) in [5.74, 6) is 0. The van der Waals surface area contributed by atoms with Crippen molar-refractivity contribution >= 4 is 42.3 Å². The van der Waals surface area contributed by atoms with Crippen LogP contribution >= 0.6 is 11.3 Å². The van der Waals surface area contributed by atoms with Crippen molar-refractivity contribution in [3.05, 3.63) is 59.7 Å². The minimum Gasteiger partial charge on any atom is -0.135 e. The third-order valence-electron chi connectivity index (χ3n) is 4.06. The summed E-state index contributed by atoms with van der Waals surface area (Å²) in [4.78, 5) is 0. The zero-order chi connectivity index (χ0) is 13.0. The summed E-state index contributed by atoms with van der Waals surface area (Å²) in [6.45, 7) is 4.44. The van der Waals surface area contributed by atoms with E-state index in [1.165, 1.54) is 42.1 Å². The lowest BCUT2D eigenvalue weighted by Gasteiger charge is -2.04. The van der Waals surface area contributed by atoms with E-state index < -0.39 is 0 Å². The van der Waals surface area contributed by atoms with Crippen LogP contribution in [0, 0.1) is 13.8 Å². The highest BCUT2D eigenvalue weighted by Gasteiger charge is 2.11. The second-order valence-electron chi connectivity index (χ2n) is 5.14. The normalized spacial score (nSPS) is 11.7. The first kappa shape index (κ1) is 11.0. The highest BCUT2D eigenvalue weighted by Crippen LogP contribution is 2.40. The Hall–Kier alpha value is -1.86. The van der Waals surface area contributed by atoms with Gasteiger partial charge in [0.2, 0.25) is 0 Å². The predicted octanol–water partition coefficient (Wildman–Crippen LogP) is 5.82. The van der Waals surface area contributed by atoms with Gasteiger partial charge in [0, 0.05) is 20.2 Å². The molecule has 19 heavy (non-hydrogen) atoms. The van der Waals surface area contributed by atoms with Gasteiger partial charge in [-0.1, -0.05) is 36.4 Å². The molecule has 0 aliphatic rings. The van der Waals surface area contributed by atoms with Crippen molar-refractivity contribution in [1.82, 2.24) is 0 Å². The van der Waals surface area contributed by atoms with Crippen molar-refractivity contribution in [1.29, 1.82) is 0 Å². The second kappa shape index (κ2) is 3.82. The van der Waals surface area contributed by atoms with Gasteiger partial charge in [-0.2, -0.15) is 0 Å². The molecule has 0 N–H and O–H groups in total. The monoisotopic (exact) mass is 262 g/mol. The van der Waals surface area contributed by atoms with Gasteiger partial charge in [-0.15, -0.1) is 11.3 Å². The smallest absolute Gasteiger partial charge is 0.0361 e. The molecule has 0 saturated heterocycles. The first-order valence-corrected chi connectivity index (χ1v) is 7.37. The molecular weight excluding hydrogens is 248 g/mol.